The van der Waals surface area contributed by atoms with Crippen LogP contribution < -0.4 is 19.7 Å². The molecule has 1 fully saturated rings. The van der Waals surface area contributed by atoms with Crippen LogP contribution in [0.2, 0.25) is 0 Å². The van der Waals surface area contributed by atoms with Crippen molar-refractivity contribution in [2.75, 3.05) is 29.5 Å². The summed E-state index contributed by atoms with van der Waals surface area (Å²) in [5, 5.41) is 2.38. The molecule has 0 atom stereocenters. The van der Waals surface area contributed by atoms with Crippen molar-refractivity contribution in [2.45, 2.75) is 45.4 Å². The Morgan fingerprint density at radius 2 is 1.76 bits per heavy atom. The lowest BCUT2D eigenvalue weighted by Gasteiger charge is -2.30. The third kappa shape index (κ3) is 6.25. The first-order valence-corrected chi connectivity index (χ1v) is 12.7. The van der Waals surface area contributed by atoms with Crippen LogP contribution in [0, 0.1) is 0 Å². The molecule has 33 heavy (non-hydrogen) atoms. The third-order valence-corrected chi connectivity index (χ3v) is 6.08. The van der Waals surface area contributed by atoms with Crippen LogP contribution in [0.3, 0.4) is 0 Å². The summed E-state index contributed by atoms with van der Waals surface area (Å²) in [4.78, 5) is 25.6. The number of hydrogen-bond acceptors (Lipinski definition) is 5. The molecule has 8 nitrogen and oxygen atoms in total. The number of imide groups is 1. The zero-order chi connectivity index (χ0) is 24.4. The number of hydrogen-bond donors (Lipinski definition) is 2. The lowest BCUT2D eigenvalue weighted by atomic mass is 9.83. The molecule has 0 bridgehead atoms. The van der Waals surface area contributed by atoms with Crippen molar-refractivity contribution in [1.29, 1.82) is 0 Å². The molecule has 2 aromatic carbocycles. The fourth-order valence-electron chi connectivity index (χ4n) is 3.85. The second kappa shape index (κ2) is 9.43. The van der Waals surface area contributed by atoms with Gasteiger partial charge in [0.1, 0.15) is 5.75 Å². The van der Waals surface area contributed by atoms with E-state index in [2.05, 4.69) is 30.8 Å². The predicted octanol–water partition coefficient (Wildman–Crippen LogP) is 3.60. The standard InChI is InChI=1S/C24H31N3O5S/c1-24(2,3)20-15-19(27-13-12-21(28)25-23(27)29)14-17(22(20)32-4)9-6-16-7-10-18(11-8-16)26-33(5,30)31/h7-8,10-11,14-15,26H,6,9,12-13H2,1-5H3,(H,25,28,29). The van der Waals surface area contributed by atoms with E-state index in [-0.39, 0.29) is 17.7 Å². The summed E-state index contributed by atoms with van der Waals surface area (Å²) in [5.74, 6) is 0.518. The van der Waals surface area contributed by atoms with E-state index in [4.69, 9.17) is 4.74 Å². The van der Waals surface area contributed by atoms with E-state index in [1.54, 1.807) is 24.1 Å². The van der Waals surface area contributed by atoms with Crippen molar-refractivity contribution in [2.24, 2.45) is 0 Å². The maximum atomic E-state index is 12.5. The van der Waals surface area contributed by atoms with E-state index in [1.165, 1.54) is 0 Å². The van der Waals surface area contributed by atoms with Gasteiger partial charge >= 0.3 is 6.03 Å². The lowest BCUT2D eigenvalue weighted by molar-refractivity contribution is -0.120. The first kappa shape index (κ1) is 24.6. The van der Waals surface area contributed by atoms with E-state index in [0.717, 1.165) is 34.4 Å². The summed E-state index contributed by atoms with van der Waals surface area (Å²) in [6, 6.07) is 10.7. The lowest BCUT2D eigenvalue weighted by Crippen LogP contribution is -2.49. The average molecular weight is 474 g/mol. The molecule has 1 aliphatic heterocycles. The number of nitrogens with zero attached hydrogens (tertiary/aromatic N) is 1. The zero-order valence-corrected chi connectivity index (χ0v) is 20.5. The summed E-state index contributed by atoms with van der Waals surface area (Å²) < 4.78 is 31.1. The van der Waals surface area contributed by atoms with Crippen molar-refractivity contribution in [3.63, 3.8) is 0 Å². The number of amides is 3. The second-order valence-corrected chi connectivity index (χ2v) is 11.0. The SMILES string of the molecule is COc1c(CCc2ccc(NS(C)(=O)=O)cc2)cc(N2CCC(=O)NC2=O)cc1C(C)(C)C. The molecule has 1 aliphatic rings. The third-order valence-electron chi connectivity index (χ3n) is 5.47. The van der Waals surface area contributed by atoms with Crippen LogP contribution in [-0.4, -0.2) is 40.3 Å². The first-order valence-electron chi connectivity index (χ1n) is 10.8. The molecular weight excluding hydrogens is 442 g/mol. The Morgan fingerprint density at radius 1 is 1.09 bits per heavy atom. The molecule has 0 spiro atoms. The van der Waals surface area contributed by atoms with E-state index in [0.29, 0.717) is 25.1 Å². The van der Waals surface area contributed by atoms with Crippen molar-refractivity contribution >= 4 is 33.3 Å². The van der Waals surface area contributed by atoms with Gasteiger partial charge in [-0.2, -0.15) is 0 Å². The van der Waals surface area contributed by atoms with Gasteiger partial charge in [0.05, 0.1) is 13.4 Å². The van der Waals surface area contributed by atoms with Crippen molar-refractivity contribution < 1.29 is 22.7 Å². The van der Waals surface area contributed by atoms with Gasteiger partial charge in [-0.05, 0) is 53.6 Å². The molecule has 9 heteroatoms. The predicted molar refractivity (Wildman–Crippen MR) is 130 cm³/mol. The minimum absolute atomic E-state index is 0.225. The van der Waals surface area contributed by atoms with Crippen LogP contribution in [-0.2, 0) is 33.1 Å². The second-order valence-electron chi connectivity index (χ2n) is 9.26. The van der Waals surface area contributed by atoms with Crippen LogP contribution in [0.5, 0.6) is 5.75 Å². The number of benzene rings is 2. The van der Waals surface area contributed by atoms with Gasteiger partial charge in [0.2, 0.25) is 15.9 Å². The Hall–Kier alpha value is -3.07. The summed E-state index contributed by atoms with van der Waals surface area (Å²) in [7, 11) is -1.68. The molecule has 1 heterocycles. The molecule has 0 radical (unpaired) electrons. The Labute approximate surface area is 195 Å². The number of carbonyl (C=O) groups is 2. The molecule has 0 saturated carbocycles. The molecule has 1 saturated heterocycles. The summed E-state index contributed by atoms with van der Waals surface area (Å²) >= 11 is 0. The van der Waals surface area contributed by atoms with Gasteiger partial charge < -0.3 is 4.74 Å². The number of carbonyl (C=O) groups excluding carboxylic acids is 2. The number of rotatable bonds is 7. The Balaban J connectivity index is 1.91. The van der Waals surface area contributed by atoms with Crippen LogP contribution in [0.1, 0.15) is 43.9 Å². The summed E-state index contributed by atoms with van der Waals surface area (Å²) in [6.45, 7) is 6.60. The molecule has 178 valence electrons. The quantitative estimate of drug-likeness (QED) is 0.639. The van der Waals surface area contributed by atoms with Gasteiger partial charge in [-0.3, -0.25) is 19.7 Å². The highest BCUT2D eigenvalue weighted by molar-refractivity contribution is 7.92. The summed E-state index contributed by atoms with van der Waals surface area (Å²) in [6.07, 6.45) is 2.73. The van der Waals surface area contributed by atoms with E-state index in [1.807, 2.05) is 24.3 Å². The first-order chi connectivity index (χ1) is 15.4. The number of ether oxygens (including phenoxy) is 1. The molecule has 2 aromatic rings. The van der Waals surface area contributed by atoms with Crippen LogP contribution in [0.15, 0.2) is 36.4 Å². The van der Waals surface area contributed by atoms with Crippen LogP contribution >= 0.6 is 0 Å². The van der Waals surface area contributed by atoms with Gasteiger partial charge in [-0.1, -0.05) is 32.9 Å². The highest BCUT2D eigenvalue weighted by Gasteiger charge is 2.28. The molecule has 3 amide bonds. The number of methoxy groups -OCH3 is 1. The molecular formula is C24H31N3O5S. The highest BCUT2D eigenvalue weighted by atomic mass is 32.2. The number of sulfonamides is 1. The van der Waals surface area contributed by atoms with Gasteiger partial charge in [-0.25, -0.2) is 13.2 Å². The normalized spacial score (nSPS) is 14.8. The molecule has 0 aromatic heterocycles. The van der Waals surface area contributed by atoms with Gasteiger partial charge in [0.15, 0.2) is 0 Å². The number of nitrogens with one attached hydrogen (secondary N) is 2. The Bertz CT molecular complexity index is 1150. The van der Waals surface area contributed by atoms with E-state index in [9.17, 15) is 18.0 Å². The highest BCUT2D eigenvalue weighted by Crippen LogP contribution is 2.38. The topological polar surface area (TPSA) is 105 Å². The van der Waals surface area contributed by atoms with Gasteiger partial charge in [-0.15, -0.1) is 0 Å². The number of urea groups is 1. The van der Waals surface area contributed by atoms with Crippen LogP contribution in [0.4, 0.5) is 16.2 Å². The van der Waals surface area contributed by atoms with E-state index >= 15 is 0 Å². The minimum atomic E-state index is -3.32. The molecule has 0 unspecified atom stereocenters. The maximum Gasteiger partial charge on any atom is 0.328 e. The minimum Gasteiger partial charge on any atom is -0.496 e. The fraction of sp³-hybridized carbons (Fsp3) is 0.417. The molecule has 2 N–H and O–H groups in total. The van der Waals surface area contributed by atoms with E-state index < -0.39 is 16.1 Å². The Morgan fingerprint density at radius 3 is 2.30 bits per heavy atom. The smallest absolute Gasteiger partial charge is 0.328 e. The number of aryl methyl sites for hydroxylation is 2. The largest absolute Gasteiger partial charge is 0.496 e. The zero-order valence-electron chi connectivity index (χ0n) is 19.7. The fourth-order valence-corrected chi connectivity index (χ4v) is 4.42. The van der Waals surface area contributed by atoms with Crippen LogP contribution in [0.25, 0.3) is 0 Å². The Kier molecular flexibility index (Phi) is 7.02. The molecule has 0 aliphatic carbocycles. The molecule has 3 rings (SSSR count). The van der Waals surface area contributed by atoms with Gasteiger partial charge in [0.25, 0.3) is 0 Å². The maximum absolute atomic E-state index is 12.5. The van der Waals surface area contributed by atoms with Gasteiger partial charge in [0, 0.05) is 29.9 Å². The van der Waals surface area contributed by atoms with Crippen molar-refractivity contribution in [1.82, 2.24) is 5.32 Å². The van der Waals surface area contributed by atoms with Crippen molar-refractivity contribution in [3.8, 4) is 5.75 Å². The van der Waals surface area contributed by atoms with Crippen molar-refractivity contribution in [3.05, 3.63) is 53.1 Å². The number of anilines is 2. The monoisotopic (exact) mass is 473 g/mol. The average Bonchev–Trinajstić information content (AvgIpc) is 2.71. The summed E-state index contributed by atoms with van der Waals surface area (Å²) in [5.41, 5.74) is 4.00.